The van der Waals surface area contributed by atoms with E-state index in [2.05, 4.69) is 22.2 Å². The van der Waals surface area contributed by atoms with Crippen LogP contribution in [0.15, 0.2) is 68.2 Å². The van der Waals surface area contributed by atoms with E-state index in [9.17, 15) is 31.2 Å². The van der Waals surface area contributed by atoms with E-state index in [4.69, 9.17) is 15.1 Å². The molecule has 332 valence electrons. The number of hydrogen-bond acceptors (Lipinski definition) is 11. The van der Waals surface area contributed by atoms with Gasteiger partial charge < -0.3 is 29.0 Å². The van der Waals surface area contributed by atoms with Gasteiger partial charge in [0.1, 0.15) is 10.6 Å². The fraction of sp³-hybridized carbons (Fsp3) is 0.455. The summed E-state index contributed by atoms with van der Waals surface area (Å²) in [6.07, 6.45) is 17.1. The molecule has 0 saturated carbocycles. The number of carbonyl (C=O) groups excluding carboxylic acids is 1. The van der Waals surface area contributed by atoms with Crippen molar-refractivity contribution in [2.24, 2.45) is 5.14 Å². The molecule has 2 aromatic carbocycles. The molecule has 2 aromatic heterocycles. The van der Waals surface area contributed by atoms with Gasteiger partial charge in [0.05, 0.1) is 4.90 Å². The second kappa shape index (κ2) is 19.8. The Morgan fingerprint density at radius 3 is 1.55 bits per heavy atom. The lowest BCUT2D eigenvalue weighted by molar-refractivity contribution is 0.256. The number of carbonyl (C=O) groups is 1. The number of ether oxygens (including phenoxy) is 1. The molecule has 4 aromatic rings. The van der Waals surface area contributed by atoms with Crippen molar-refractivity contribution in [3.05, 3.63) is 114 Å². The van der Waals surface area contributed by atoms with Gasteiger partial charge in [0, 0.05) is 56.4 Å². The summed E-state index contributed by atoms with van der Waals surface area (Å²) in [4.78, 5) is 39.8. The number of aromatic nitrogens is 2. The average molecular weight is 889 g/mol. The zero-order valence-corrected chi connectivity index (χ0v) is 37.5. The Balaban J connectivity index is 0.000000173. The number of hydrogen-bond donors (Lipinski definition) is 3. The fourth-order valence-electron chi connectivity index (χ4n) is 8.53. The molecule has 0 fully saturated rings. The summed E-state index contributed by atoms with van der Waals surface area (Å²) in [5, 5.41) is 16.5. The lowest BCUT2D eigenvalue weighted by Crippen LogP contribution is -2.36. The highest BCUT2D eigenvalue weighted by Crippen LogP contribution is 2.40. The number of nitrogens with zero attached hydrogens (tertiary/aromatic N) is 5. The highest BCUT2D eigenvalue weighted by molar-refractivity contribution is 7.90. The number of primary sulfonamides is 1. The Kier molecular flexibility index (Phi) is 14.8. The van der Waals surface area contributed by atoms with Crippen LogP contribution in [0.5, 0.6) is 5.75 Å². The maximum atomic E-state index is 12.8. The van der Waals surface area contributed by atoms with Crippen LogP contribution in [0.1, 0.15) is 70.2 Å². The largest absolute Gasteiger partial charge is 0.387 e. The Morgan fingerprint density at radius 1 is 0.694 bits per heavy atom. The lowest BCUT2D eigenvalue weighted by atomic mass is 9.99. The summed E-state index contributed by atoms with van der Waals surface area (Å²) in [6.45, 7) is 2.01. The topological polar surface area (TPSA) is 219 Å². The number of nitriles is 1. The Labute approximate surface area is 363 Å². The van der Waals surface area contributed by atoms with Crippen molar-refractivity contribution in [2.75, 3.05) is 46.6 Å². The van der Waals surface area contributed by atoms with Crippen molar-refractivity contribution in [2.45, 2.75) is 99.9 Å². The number of likely N-dealkylation sites (N-methyl/N-ethyl adjacent to an activating group) is 2. The van der Waals surface area contributed by atoms with Crippen LogP contribution in [0.4, 0.5) is 10.5 Å². The van der Waals surface area contributed by atoms with Crippen LogP contribution in [0.25, 0.3) is 0 Å². The molecule has 62 heavy (non-hydrogen) atoms. The molecule has 4 N–H and O–H groups in total. The molecule has 0 radical (unpaired) electrons. The van der Waals surface area contributed by atoms with Gasteiger partial charge in [-0.3, -0.25) is 9.59 Å². The molecule has 0 spiro atoms. The van der Waals surface area contributed by atoms with Crippen LogP contribution < -0.4 is 31.0 Å². The molecule has 0 atom stereocenters. The molecule has 2 heterocycles. The molecule has 16 nitrogen and oxygen atoms in total. The molecule has 4 aliphatic rings. The van der Waals surface area contributed by atoms with Crippen molar-refractivity contribution in [1.82, 2.24) is 23.7 Å². The maximum Gasteiger partial charge on any atom is 0.333 e. The molecule has 0 saturated heterocycles. The minimum absolute atomic E-state index is 0.0501. The zero-order valence-electron chi connectivity index (χ0n) is 35.8. The van der Waals surface area contributed by atoms with Gasteiger partial charge in [-0.25, -0.2) is 31.5 Å². The van der Waals surface area contributed by atoms with Gasteiger partial charge in [-0.05, 0) is 162 Å². The third-order valence-corrected chi connectivity index (χ3v) is 13.8. The van der Waals surface area contributed by atoms with Crippen LogP contribution in [0.3, 0.4) is 0 Å². The van der Waals surface area contributed by atoms with E-state index >= 15 is 0 Å². The normalized spacial score (nSPS) is 14.7. The van der Waals surface area contributed by atoms with Gasteiger partial charge in [0.15, 0.2) is 0 Å². The smallest absolute Gasteiger partial charge is 0.333 e. The highest BCUT2D eigenvalue weighted by Gasteiger charge is 2.27. The van der Waals surface area contributed by atoms with Gasteiger partial charge in [-0.15, -0.1) is 5.26 Å². The quantitative estimate of drug-likeness (QED) is 0.185. The van der Waals surface area contributed by atoms with Crippen molar-refractivity contribution in [1.29, 1.82) is 5.26 Å². The SMILES string of the molecule is CN(C)CCn1cc(S(=O)(=O)NC(=O)Nc2c3c(cc4c2CCC4)CCC3)ccc1=O.CN(C)CCn1cc(S(N)(=O)=O)ccc1=O.N#COc1c2c(cc3c1CCC3)CCC2. The minimum atomic E-state index is -4.12. The van der Waals surface area contributed by atoms with Crippen LogP contribution in [-0.2, 0) is 84.5 Å². The summed E-state index contributed by atoms with van der Waals surface area (Å²) in [5.41, 5.74) is 10.5. The monoisotopic (exact) mass is 888 g/mol. The number of benzene rings is 2. The van der Waals surface area contributed by atoms with Gasteiger partial charge in [-0.2, -0.15) is 0 Å². The van der Waals surface area contributed by atoms with E-state index in [-0.39, 0.29) is 20.9 Å². The Morgan fingerprint density at radius 2 is 1.11 bits per heavy atom. The Bertz CT molecular complexity index is 2660. The van der Waals surface area contributed by atoms with E-state index in [1.807, 2.05) is 44.2 Å². The van der Waals surface area contributed by atoms with Crippen molar-refractivity contribution >= 4 is 31.8 Å². The molecule has 0 unspecified atom stereocenters. The van der Waals surface area contributed by atoms with Gasteiger partial charge in [0.2, 0.25) is 10.0 Å². The molecule has 2 amide bonds. The maximum absolute atomic E-state index is 12.8. The number of nitrogens with one attached hydrogen (secondary N) is 2. The van der Waals surface area contributed by atoms with E-state index in [0.717, 1.165) is 86.8 Å². The molecule has 0 aliphatic heterocycles. The van der Waals surface area contributed by atoms with E-state index < -0.39 is 26.1 Å². The second-order valence-corrected chi connectivity index (χ2v) is 19.9. The standard InChI is InChI=1S/C22H28N4O4S.C13H13NO.C9H15N3O3S/c1-25(2)11-12-26-14-17(9-10-20(26)27)31(29,30)24-22(28)23-21-18-7-3-5-15(18)13-16-6-4-8-19(16)21;14-8-15-13-11-5-1-3-9(11)7-10-4-2-6-12(10)13;1-11(2)5-6-12-7-8(16(10,14)15)3-4-9(12)13/h9-10,13-14H,3-8,11-12H2,1-2H3,(H2,23,24,28);7H,1-6H2;3-4,7H,5-6H2,1-2H3,(H2,10,14,15). The second-order valence-electron chi connectivity index (χ2n) is 16.6. The van der Waals surface area contributed by atoms with Crippen molar-refractivity contribution in [3.63, 3.8) is 0 Å². The third kappa shape index (κ3) is 11.2. The van der Waals surface area contributed by atoms with E-state index in [1.54, 1.807) is 0 Å². The lowest BCUT2D eigenvalue weighted by Gasteiger charge is -2.17. The van der Waals surface area contributed by atoms with E-state index in [1.165, 1.54) is 92.0 Å². The first-order valence-electron chi connectivity index (χ1n) is 20.9. The Hall–Kier alpha value is -5.32. The predicted molar refractivity (Wildman–Crippen MR) is 236 cm³/mol. The zero-order chi connectivity index (χ0) is 44.8. The van der Waals surface area contributed by atoms with Gasteiger partial charge in [-0.1, -0.05) is 12.1 Å². The number of sulfonamides is 2. The number of fused-ring (bicyclic) bond motifs is 4. The number of amides is 2. The first-order valence-corrected chi connectivity index (χ1v) is 23.9. The van der Waals surface area contributed by atoms with Crippen molar-refractivity contribution in [3.8, 4) is 12.0 Å². The molecule has 0 bridgehead atoms. The number of anilines is 1. The van der Waals surface area contributed by atoms with Crippen LogP contribution in [0.2, 0.25) is 0 Å². The van der Waals surface area contributed by atoms with Crippen LogP contribution in [0, 0.1) is 11.5 Å². The summed E-state index contributed by atoms with van der Waals surface area (Å²) in [5.74, 6) is 0.903. The average Bonchev–Trinajstić information content (AvgIpc) is 4.05. The first-order chi connectivity index (χ1) is 29.4. The minimum Gasteiger partial charge on any atom is -0.387 e. The summed E-state index contributed by atoms with van der Waals surface area (Å²) in [7, 11) is -0.396. The van der Waals surface area contributed by atoms with Crippen LogP contribution >= 0.6 is 0 Å². The third-order valence-electron chi connectivity index (χ3n) is 11.6. The molecular formula is C44H56N8O8S2. The van der Waals surface area contributed by atoms with Gasteiger partial charge in [0.25, 0.3) is 27.4 Å². The number of pyridine rings is 2. The fourth-order valence-corrected chi connectivity index (χ4v) is 9.99. The number of aryl methyl sites for hydroxylation is 4. The molecule has 4 aliphatic carbocycles. The molecular weight excluding hydrogens is 833 g/mol. The summed E-state index contributed by atoms with van der Waals surface area (Å²) < 4.78 is 57.8. The first kappa shape index (κ1) is 46.2. The van der Waals surface area contributed by atoms with Crippen LogP contribution in [-0.4, -0.2) is 83.1 Å². The van der Waals surface area contributed by atoms with Gasteiger partial charge >= 0.3 is 6.03 Å². The number of urea groups is 1. The number of nitrogens with two attached hydrogens (primary N) is 1. The molecule has 18 heteroatoms. The molecule has 8 rings (SSSR count). The number of rotatable bonds is 11. The summed E-state index contributed by atoms with van der Waals surface area (Å²) >= 11 is 0. The highest BCUT2D eigenvalue weighted by atomic mass is 32.2. The summed E-state index contributed by atoms with van der Waals surface area (Å²) in [6, 6.07) is 8.66. The van der Waals surface area contributed by atoms with Crippen molar-refractivity contribution < 1.29 is 26.4 Å². The predicted octanol–water partition coefficient (Wildman–Crippen LogP) is 3.48. The van der Waals surface area contributed by atoms with E-state index in [0.29, 0.717) is 26.2 Å².